The maximum absolute atomic E-state index is 12.7. The van der Waals surface area contributed by atoms with Crippen LogP contribution in [0.2, 0.25) is 0 Å². The summed E-state index contributed by atoms with van der Waals surface area (Å²) in [6.45, 7) is 4.14. The molecule has 2 rings (SSSR count). The van der Waals surface area contributed by atoms with Crippen LogP contribution in [0, 0.1) is 6.92 Å². The number of aryl methyl sites for hydroxylation is 1. The average molecular weight is 412 g/mol. The van der Waals surface area contributed by atoms with Crippen molar-refractivity contribution in [2.45, 2.75) is 31.3 Å². The number of nitrogens with one attached hydrogen (secondary N) is 1. The summed E-state index contributed by atoms with van der Waals surface area (Å²) < 4.78 is 27.8. The molecule has 1 atom stereocenters. The number of hydrogen-bond acceptors (Lipinski definition) is 4. The molecule has 1 unspecified atom stereocenters. The molecule has 0 bridgehead atoms. The van der Waals surface area contributed by atoms with E-state index in [1.54, 1.807) is 20.0 Å². The number of rotatable bonds is 7. The lowest BCUT2D eigenvalue weighted by atomic mass is 10.1. The first-order valence-electron chi connectivity index (χ1n) is 8.37. The van der Waals surface area contributed by atoms with Crippen molar-refractivity contribution in [2.24, 2.45) is 5.73 Å². The molecule has 0 fully saturated rings. The van der Waals surface area contributed by atoms with E-state index in [2.05, 4.69) is 4.72 Å². The van der Waals surface area contributed by atoms with E-state index in [0.29, 0.717) is 17.7 Å². The predicted octanol–water partition coefficient (Wildman–Crippen LogP) is 2.31. The predicted molar refractivity (Wildman–Crippen MR) is 110 cm³/mol. The van der Waals surface area contributed by atoms with Gasteiger partial charge in [0.05, 0.1) is 4.90 Å². The van der Waals surface area contributed by atoms with Crippen LogP contribution in [0.5, 0.6) is 0 Å². The minimum absolute atomic E-state index is 0. The van der Waals surface area contributed by atoms with Gasteiger partial charge in [-0.2, -0.15) is 0 Å². The Balaban J connectivity index is 0.00000364. The number of carbonyl (C=O) groups is 1. The van der Waals surface area contributed by atoms with Crippen LogP contribution in [-0.4, -0.2) is 38.9 Å². The number of benzene rings is 2. The Hall–Kier alpha value is -1.93. The first kappa shape index (κ1) is 23.1. The normalized spacial score (nSPS) is 12.1. The van der Waals surface area contributed by atoms with E-state index < -0.39 is 10.0 Å². The fourth-order valence-corrected chi connectivity index (χ4v) is 3.45. The highest BCUT2D eigenvalue weighted by Crippen LogP contribution is 2.18. The van der Waals surface area contributed by atoms with Crippen molar-refractivity contribution >= 4 is 28.3 Å². The van der Waals surface area contributed by atoms with E-state index in [4.69, 9.17) is 5.73 Å². The van der Waals surface area contributed by atoms with Gasteiger partial charge in [0.15, 0.2) is 0 Å². The van der Waals surface area contributed by atoms with Gasteiger partial charge in [0.25, 0.3) is 5.91 Å². The summed E-state index contributed by atoms with van der Waals surface area (Å²) in [5, 5.41) is 0. The number of amides is 1. The van der Waals surface area contributed by atoms with Crippen LogP contribution in [-0.2, 0) is 16.6 Å². The van der Waals surface area contributed by atoms with Crippen molar-refractivity contribution in [3.05, 3.63) is 65.2 Å². The van der Waals surface area contributed by atoms with Crippen molar-refractivity contribution in [1.29, 1.82) is 0 Å². The Kier molecular flexibility index (Phi) is 8.43. The van der Waals surface area contributed by atoms with Gasteiger partial charge >= 0.3 is 0 Å². The molecule has 6 nitrogen and oxygen atoms in total. The molecule has 0 aliphatic carbocycles. The van der Waals surface area contributed by atoms with Gasteiger partial charge in [0.2, 0.25) is 10.0 Å². The minimum atomic E-state index is -3.73. The zero-order valence-corrected chi connectivity index (χ0v) is 17.3. The highest BCUT2D eigenvalue weighted by molar-refractivity contribution is 7.89. The molecule has 0 spiro atoms. The van der Waals surface area contributed by atoms with Crippen LogP contribution in [0.1, 0.15) is 28.4 Å². The van der Waals surface area contributed by atoms with Gasteiger partial charge in [-0.3, -0.25) is 4.79 Å². The van der Waals surface area contributed by atoms with E-state index in [1.807, 2.05) is 37.3 Å². The van der Waals surface area contributed by atoms with Gasteiger partial charge in [0.1, 0.15) is 0 Å². The van der Waals surface area contributed by atoms with Crippen LogP contribution in [0.25, 0.3) is 0 Å². The molecular weight excluding hydrogens is 386 g/mol. The molecule has 0 saturated heterocycles. The molecule has 1 amide bonds. The van der Waals surface area contributed by atoms with Crippen molar-refractivity contribution < 1.29 is 13.2 Å². The molecule has 0 aliphatic heterocycles. The summed E-state index contributed by atoms with van der Waals surface area (Å²) in [6.07, 6.45) is 0. The van der Waals surface area contributed by atoms with Crippen LogP contribution in [0.15, 0.2) is 53.4 Å². The van der Waals surface area contributed by atoms with Crippen LogP contribution in [0.3, 0.4) is 0 Å². The quantitative estimate of drug-likeness (QED) is 0.731. The topological polar surface area (TPSA) is 92.5 Å². The third-order valence-electron chi connectivity index (χ3n) is 4.38. The summed E-state index contributed by atoms with van der Waals surface area (Å²) in [7, 11) is -2.07. The van der Waals surface area contributed by atoms with Gasteiger partial charge in [-0.1, -0.05) is 36.4 Å². The minimum Gasteiger partial charge on any atom is -0.338 e. The molecule has 27 heavy (non-hydrogen) atoms. The molecule has 0 aliphatic rings. The number of nitrogens with two attached hydrogens (primary N) is 1. The van der Waals surface area contributed by atoms with Crippen molar-refractivity contribution in [3.8, 4) is 0 Å². The maximum atomic E-state index is 12.7. The third-order valence-corrected chi connectivity index (χ3v) is 5.78. The van der Waals surface area contributed by atoms with E-state index in [-0.39, 0.29) is 35.8 Å². The van der Waals surface area contributed by atoms with Gasteiger partial charge < -0.3 is 10.6 Å². The Morgan fingerprint density at radius 3 is 2.41 bits per heavy atom. The standard InChI is InChI=1S/C19H25N3O3S.ClH/c1-14-9-10-17(11-18(14)19(23)22(3)15(2)12-20)26(24,25)21-13-16-7-5-4-6-8-16;/h4-11,15,21H,12-13,20H2,1-3H3;1H. The van der Waals surface area contributed by atoms with Crippen molar-refractivity contribution in [1.82, 2.24) is 9.62 Å². The Morgan fingerprint density at radius 1 is 1.19 bits per heavy atom. The molecule has 8 heteroatoms. The largest absolute Gasteiger partial charge is 0.338 e. The molecule has 2 aromatic carbocycles. The fourth-order valence-electron chi connectivity index (χ4n) is 2.40. The van der Waals surface area contributed by atoms with Gasteiger partial charge in [-0.05, 0) is 37.1 Å². The molecule has 148 valence electrons. The molecule has 0 saturated carbocycles. The summed E-state index contributed by atoms with van der Waals surface area (Å²) >= 11 is 0. The van der Waals surface area contributed by atoms with Crippen LogP contribution >= 0.6 is 12.4 Å². The van der Waals surface area contributed by atoms with E-state index in [1.165, 1.54) is 17.0 Å². The lowest BCUT2D eigenvalue weighted by Gasteiger charge is -2.24. The fraction of sp³-hybridized carbons (Fsp3) is 0.316. The summed E-state index contributed by atoms with van der Waals surface area (Å²) in [5.74, 6) is -0.249. The zero-order valence-electron chi connectivity index (χ0n) is 15.7. The first-order valence-corrected chi connectivity index (χ1v) is 9.86. The molecule has 3 N–H and O–H groups in total. The van der Waals surface area contributed by atoms with Crippen LogP contribution in [0.4, 0.5) is 0 Å². The molecule has 2 aromatic rings. The summed E-state index contributed by atoms with van der Waals surface area (Å²) in [4.78, 5) is 14.3. The molecule has 0 aromatic heterocycles. The molecule has 0 radical (unpaired) electrons. The monoisotopic (exact) mass is 411 g/mol. The first-order chi connectivity index (χ1) is 12.3. The SMILES string of the molecule is Cc1ccc(S(=O)(=O)NCc2ccccc2)cc1C(=O)N(C)C(C)CN.Cl. The van der Waals surface area contributed by atoms with E-state index in [0.717, 1.165) is 5.56 Å². The summed E-state index contributed by atoms with van der Waals surface area (Å²) in [6, 6.07) is 13.7. The Morgan fingerprint density at radius 2 is 1.81 bits per heavy atom. The van der Waals surface area contributed by atoms with E-state index >= 15 is 0 Å². The van der Waals surface area contributed by atoms with Gasteiger partial charge in [-0.15, -0.1) is 12.4 Å². The molecular formula is C19H26ClN3O3S. The number of likely N-dealkylation sites (N-methyl/N-ethyl adjacent to an activating group) is 1. The summed E-state index contributed by atoms with van der Waals surface area (Å²) in [5.41, 5.74) is 7.55. The number of hydrogen-bond donors (Lipinski definition) is 2. The highest BCUT2D eigenvalue weighted by atomic mass is 35.5. The Bertz CT molecular complexity index is 873. The molecule has 0 heterocycles. The second kappa shape index (κ2) is 9.85. The number of nitrogens with zero attached hydrogens (tertiary/aromatic N) is 1. The zero-order chi connectivity index (χ0) is 19.3. The lowest BCUT2D eigenvalue weighted by molar-refractivity contribution is 0.0747. The maximum Gasteiger partial charge on any atom is 0.254 e. The van der Waals surface area contributed by atoms with Crippen molar-refractivity contribution in [3.63, 3.8) is 0 Å². The number of carbonyl (C=O) groups excluding carboxylic acids is 1. The average Bonchev–Trinajstić information content (AvgIpc) is 2.65. The number of sulfonamides is 1. The third kappa shape index (κ3) is 5.77. The van der Waals surface area contributed by atoms with Crippen molar-refractivity contribution in [2.75, 3.05) is 13.6 Å². The highest BCUT2D eigenvalue weighted by Gasteiger charge is 2.21. The smallest absolute Gasteiger partial charge is 0.254 e. The van der Waals surface area contributed by atoms with E-state index in [9.17, 15) is 13.2 Å². The van der Waals surface area contributed by atoms with Crippen LogP contribution < -0.4 is 10.5 Å². The number of halogens is 1. The lowest BCUT2D eigenvalue weighted by Crippen LogP contribution is -2.40. The second-order valence-electron chi connectivity index (χ2n) is 6.29. The van der Waals surface area contributed by atoms with Gasteiger partial charge in [0, 0.05) is 31.7 Å². The second-order valence-corrected chi connectivity index (χ2v) is 8.05. The Labute approximate surface area is 167 Å². The van der Waals surface area contributed by atoms with Gasteiger partial charge in [-0.25, -0.2) is 13.1 Å².